The highest BCUT2D eigenvalue weighted by Gasteiger charge is 2.33. The second-order valence-corrected chi connectivity index (χ2v) is 8.14. The number of carbonyl (C=O) groups excluding carboxylic acids is 1. The molecule has 8 nitrogen and oxygen atoms in total. The first kappa shape index (κ1) is 20.2. The van der Waals surface area contributed by atoms with Gasteiger partial charge in [-0.15, -0.1) is 0 Å². The maximum atomic E-state index is 14.0. The van der Waals surface area contributed by atoms with Crippen molar-refractivity contribution in [3.63, 3.8) is 0 Å². The number of hydrogen-bond acceptors (Lipinski definition) is 8. The Morgan fingerprint density at radius 3 is 2.73 bits per heavy atom. The molecule has 156 valence electrons. The fourth-order valence-corrected chi connectivity index (χ4v) is 3.94. The largest absolute Gasteiger partial charge is 0.450 e. The summed E-state index contributed by atoms with van der Waals surface area (Å²) in [6.45, 7) is 6.23. The van der Waals surface area contributed by atoms with E-state index in [1.54, 1.807) is 13.8 Å². The quantitative estimate of drug-likeness (QED) is 0.472. The Balaban J connectivity index is 1.50. The maximum Gasteiger partial charge on any atom is 0.303 e. The Kier molecular flexibility index (Phi) is 5.17. The van der Waals surface area contributed by atoms with Crippen LogP contribution in [0.25, 0.3) is 10.9 Å². The molecule has 1 aliphatic heterocycles. The van der Waals surface area contributed by atoms with E-state index in [9.17, 15) is 9.18 Å². The molecule has 10 heteroatoms. The molecule has 1 aromatic carbocycles. The highest BCUT2D eigenvalue weighted by Crippen LogP contribution is 2.32. The molecular weight excluding hydrogens is 388 g/mol. The van der Waals surface area contributed by atoms with Gasteiger partial charge in [0.2, 0.25) is 0 Å². The molecule has 2 aromatic heterocycles. The minimum Gasteiger partial charge on any atom is -0.450 e. The molecular formula is C20H23BFN5O3. The van der Waals surface area contributed by atoms with Gasteiger partial charge in [0.1, 0.15) is 25.8 Å². The van der Waals surface area contributed by atoms with Crippen LogP contribution >= 0.6 is 0 Å². The number of fused-ring (bicyclic) bond motifs is 1. The summed E-state index contributed by atoms with van der Waals surface area (Å²) in [5.41, 5.74) is 0.580. The van der Waals surface area contributed by atoms with Crippen molar-refractivity contribution in [2.45, 2.75) is 45.1 Å². The summed E-state index contributed by atoms with van der Waals surface area (Å²) in [7, 11) is 1.85. The summed E-state index contributed by atoms with van der Waals surface area (Å²) in [5, 5.41) is 4.83. The first-order chi connectivity index (χ1) is 14.2. The SMILES string of the molecule is Bc1cc(F)cc2c(N3CCC(c4noc(C(C)(C)OC(C)=O)n4)CC3)ncnc12. The number of aromatic nitrogens is 4. The number of nitrogens with zero attached hydrogens (tertiary/aromatic N) is 5. The van der Waals surface area contributed by atoms with Gasteiger partial charge in [0, 0.05) is 31.3 Å². The molecule has 4 rings (SSSR count). The highest BCUT2D eigenvalue weighted by molar-refractivity contribution is 6.38. The van der Waals surface area contributed by atoms with E-state index in [2.05, 4.69) is 25.0 Å². The fourth-order valence-electron chi connectivity index (χ4n) is 3.94. The molecule has 0 bridgehead atoms. The number of halogens is 1. The topological polar surface area (TPSA) is 94.2 Å². The van der Waals surface area contributed by atoms with Gasteiger partial charge in [-0.3, -0.25) is 4.79 Å². The predicted octanol–water partition coefficient (Wildman–Crippen LogP) is 1.59. The number of hydrogen-bond donors (Lipinski definition) is 0. The van der Waals surface area contributed by atoms with Crippen LogP contribution in [0.2, 0.25) is 0 Å². The van der Waals surface area contributed by atoms with Crippen LogP contribution in [0.4, 0.5) is 10.2 Å². The van der Waals surface area contributed by atoms with Gasteiger partial charge in [-0.2, -0.15) is 4.98 Å². The smallest absolute Gasteiger partial charge is 0.303 e. The molecule has 0 aliphatic carbocycles. The fraction of sp³-hybridized carbons (Fsp3) is 0.450. The zero-order chi connectivity index (χ0) is 21.5. The van der Waals surface area contributed by atoms with Gasteiger partial charge >= 0.3 is 5.97 Å². The lowest BCUT2D eigenvalue weighted by Gasteiger charge is -2.32. The van der Waals surface area contributed by atoms with Crippen LogP contribution in [0.5, 0.6) is 0 Å². The molecule has 30 heavy (non-hydrogen) atoms. The van der Waals surface area contributed by atoms with Crippen LogP contribution in [-0.2, 0) is 15.1 Å². The van der Waals surface area contributed by atoms with Crippen molar-refractivity contribution in [2.24, 2.45) is 0 Å². The summed E-state index contributed by atoms with van der Waals surface area (Å²) in [4.78, 5) is 26.7. The second-order valence-electron chi connectivity index (χ2n) is 8.14. The Labute approximate surface area is 174 Å². The third-order valence-corrected chi connectivity index (χ3v) is 5.39. The predicted molar refractivity (Wildman–Crippen MR) is 111 cm³/mol. The zero-order valence-corrected chi connectivity index (χ0v) is 17.5. The molecule has 1 fully saturated rings. The molecule has 3 aromatic rings. The van der Waals surface area contributed by atoms with E-state index < -0.39 is 11.6 Å². The molecule has 1 saturated heterocycles. The first-order valence-electron chi connectivity index (χ1n) is 9.94. The molecule has 3 heterocycles. The summed E-state index contributed by atoms with van der Waals surface area (Å²) >= 11 is 0. The standard InChI is InChI=1S/C20H23BFN5O3/c1-11(28)29-20(2,3)19-25-17(26-30-19)12-4-6-27(7-5-12)18-14-8-13(22)9-15(21)16(14)23-10-24-18/h8-10,12H,4-7,21H2,1-3H3. The third kappa shape index (κ3) is 3.86. The molecule has 1 aliphatic rings. The number of benzene rings is 1. The van der Waals surface area contributed by atoms with E-state index in [-0.39, 0.29) is 17.6 Å². The summed E-state index contributed by atoms with van der Waals surface area (Å²) < 4.78 is 24.6. The maximum absolute atomic E-state index is 14.0. The van der Waals surface area contributed by atoms with E-state index in [4.69, 9.17) is 9.26 Å². The lowest BCUT2D eigenvalue weighted by molar-refractivity contribution is -0.157. The van der Waals surface area contributed by atoms with Crippen LogP contribution in [0.3, 0.4) is 0 Å². The normalized spacial score (nSPS) is 15.5. The van der Waals surface area contributed by atoms with Gasteiger partial charge in [0.25, 0.3) is 5.89 Å². The number of rotatable bonds is 4. The monoisotopic (exact) mass is 411 g/mol. The van der Waals surface area contributed by atoms with Crippen molar-refractivity contribution in [3.05, 3.63) is 36.0 Å². The zero-order valence-electron chi connectivity index (χ0n) is 17.5. The van der Waals surface area contributed by atoms with Crippen LogP contribution < -0.4 is 10.4 Å². The average molecular weight is 411 g/mol. The van der Waals surface area contributed by atoms with E-state index in [0.29, 0.717) is 5.82 Å². The van der Waals surface area contributed by atoms with E-state index in [1.807, 2.05) is 7.85 Å². The molecule has 0 spiro atoms. The molecule has 0 N–H and O–H groups in total. The van der Waals surface area contributed by atoms with Gasteiger partial charge in [-0.25, -0.2) is 14.4 Å². The van der Waals surface area contributed by atoms with Crippen molar-refractivity contribution >= 4 is 36.0 Å². The van der Waals surface area contributed by atoms with E-state index in [1.165, 1.54) is 25.4 Å². The van der Waals surface area contributed by atoms with Crippen LogP contribution in [0.1, 0.15) is 51.2 Å². The minimum atomic E-state index is -0.973. The molecule has 0 atom stereocenters. The van der Waals surface area contributed by atoms with E-state index >= 15 is 0 Å². The Hall–Kier alpha value is -3.04. The van der Waals surface area contributed by atoms with Crippen molar-refractivity contribution in [1.82, 2.24) is 20.1 Å². The number of anilines is 1. The lowest BCUT2D eigenvalue weighted by atomic mass is 9.92. The average Bonchev–Trinajstić information content (AvgIpc) is 3.18. The summed E-state index contributed by atoms with van der Waals surface area (Å²) in [5.74, 6) is 1.06. The van der Waals surface area contributed by atoms with Crippen LogP contribution in [-0.4, -0.2) is 47.0 Å². The minimum absolute atomic E-state index is 0.124. The van der Waals surface area contributed by atoms with Crippen molar-refractivity contribution in [1.29, 1.82) is 0 Å². The van der Waals surface area contributed by atoms with Crippen molar-refractivity contribution in [3.8, 4) is 0 Å². The van der Waals surface area contributed by atoms with Gasteiger partial charge in [-0.05, 0) is 38.8 Å². The first-order valence-corrected chi connectivity index (χ1v) is 9.94. The lowest BCUT2D eigenvalue weighted by Crippen LogP contribution is -2.34. The third-order valence-electron chi connectivity index (χ3n) is 5.39. The summed E-state index contributed by atoms with van der Waals surface area (Å²) in [6.07, 6.45) is 3.12. The van der Waals surface area contributed by atoms with Gasteiger partial charge in [-0.1, -0.05) is 10.6 Å². The molecule has 0 radical (unpaired) electrons. The van der Waals surface area contributed by atoms with Crippen LogP contribution in [0, 0.1) is 5.82 Å². The van der Waals surface area contributed by atoms with Crippen molar-refractivity contribution < 1.29 is 18.4 Å². The van der Waals surface area contributed by atoms with Crippen LogP contribution in [0.15, 0.2) is 23.0 Å². The number of ether oxygens (including phenoxy) is 1. The second kappa shape index (κ2) is 7.66. The molecule has 0 unspecified atom stereocenters. The summed E-state index contributed by atoms with van der Waals surface area (Å²) in [6, 6.07) is 2.98. The van der Waals surface area contributed by atoms with Gasteiger partial charge in [0.15, 0.2) is 11.4 Å². The molecule has 0 saturated carbocycles. The van der Waals surface area contributed by atoms with Gasteiger partial charge < -0.3 is 14.2 Å². The Morgan fingerprint density at radius 2 is 2.03 bits per heavy atom. The van der Waals surface area contributed by atoms with Crippen molar-refractivity contribution in [2.75, 3.05) is 18.0 Å². The highest BCUT2D eigenvalue weighted by atomic mass is 19.1. The Morgan fingerprint density at radius 1 is 1.30 bits per heavy atom. The van der Waals surface area contributed by atoms with Gasteiger partial charge in [0.05, 0.1) is 5.52 Å². The van der Waals surface area contributed by atoms with E-state index in [0.717, 1.165) is 48.1 Å². The molecule has 0 amide bonds. The number of piperidine rings is 1. The number of carbonyl (C=O) groups is 1. The number of esters is 1. The Bertz CT molecular complexity index is 1100.